The van der Waals surface area contributed by atoms with Gasteiger partial charge in [0.2, 0.25) is 5.91 Å². The van der Waals surface area contributed by atoms with Gasteiger partial charge in [0, 0.05) is 38.3 Å². The molecule has 3 rings (SSSR count). The lowest BCUT2D eigenvalue weighted by atomic mass is 9.94. The third-order valence-corrected chi connectivity index (χ3v) is 5.50. The van der Waals surface area contributed by atoms with Crippen molar-refractivity contribution in [3.05, 3.63) is 29.8 Å². The van der Waals surface area contributed by atoms with E-state index in [2.05, 4.69) is 29.2 Å². The zero-order valence-electron chi connectivity index (χ0n) is 14.2. The molecule has 1 aromatic carbocycles. The molecular formula is C19H29N3O. The summed E-state index contributed by atoms with van der Waals surface area (Å²) >= 11 is 0. The van der Waals surface area contributed by atoms with E-state index in [1.165, 1.54) is 24.1 Å². The Balaban J connectivity index is 1.70. The van der Waals surface area contributed by atoms with Gasteiger partial charge in [-0.05, 0) is 49.8 Å². The molecule has 2 atom stereocenters. The van der Waals surface area contributed by atoms with Crippen molar-refractivity contribution < 1.29 is 4.79 Å². The van der Waals surface area contributed by atoms with Crippen molar-refractivity contribution in [1.29, 1.82) is 0 Å². The van der Waals surface area contributed by atoms with Crippen molar-refractivity contribution in [1.82, 2.24) is 4.90 Å². The molecule has 4 heteroatoms. The molecule has 1 heterocycles. The Kier molecular flexibility index (Phi) is 5.21. The van der Waals surface area contributed by atoms with Gasteiger partial charge in [0.25, 0.3) is 0 Å². The zero-order chi connectivity index (χ0) is 16.2. The molecule has 0 radical (unpaired) electrons. The van der Waals surface area contributed by atoms with Crippen LogP contribution in [0.2, 0.25) is 0 Å². The Morgan fingerprint density at radius 2 is 1.96 bits per heavy atom. The number of hydrogen-bond donors (Lipinski definition) is 1. The van der Waals surface area contributed by atoms with E-state index in [9.17, 15) is 4.79 Å². The van der Waals surface area contributed by atoms with Gasteiger partial charge in [-0.3, -0.25) is 4.79 Å². The van der Waals surface area contributed by atoms with E-state index in [-0.39, 0.29) is 11.8 Å². The standard InChI is InChI=1S/C19H29N3O/c1-21(19(23)17-9-6-8-15(17)13-20)14-16-7-2-3-10-18(16)22-11-4-5-12-22/h2-3,7,10,15,17H,4-6,8-9,11-14,20H2,1H3/t15-,17-/m1/s1. The quantitative estimate of drug-likeness (QED) is 0.909. The maximum Gasteiger partial charge on any atom is 0.226 e. The lowest BCUT2D eigenvalue weighted by molar-refractivity contribution is -0.135. The molecule has 0 unspecified atom stereocenters. The fraction of sp³-hybridized carbons (Fsp3) is 0.632. The third kappa shape index (κ3) is 3.52. The van der Waals surface area contributed by atoms with Crippen LogP contribution in [0.4, 0.5) is 5.69 Å². The van der Waals surface area contributed by atoms with Crippen molar-refractivity contribution in [3.8, 4) is 0 Å². The number of amides is 1. The minimum absolute atomic E-state index is 0.129. The van der Waals surface area contributed by atoms with Gasteiger partial charge in [0.15, 0.2) is 0 Å². The van der Waals surface area contributed by atoms with Gasteiger partial charge < -0.3 is 15.5 Å². The predicted molar refractivity (Wildman–Crippen MR) is 94.2 cm³/mol. The monoisotopic (exact) mass is 315 g/mol. The number of carbonyl (C=O) groups is 1. The van der Waals surface area contributed by atoms with E-state index in [0.29, 0.717) is 19.0 Å². The number of anilines is 1. The van der Waals surface area contributed by atoms with Gasteiger partial charge in [-0.1, -0.05) is 24.6 Å². The van der Waals surface area contributed by atoms with Crippen LogP contribution in [0.25, 0.3) is 0 Å². The van der Waals surface area contributed by atoms with Gasteiger partial charge in [0.05, 0.1) is 0 Å². The summed E-state index contributed by atoms with van der Waals surface area (Å²) in [5.41, 5.74) is 8.40. The summed E-state index contributed by atoms with van der Waals surface area (Å²) in [6.07, 6.45) is 5.77. The number of nitrogens with two attached hydrogens (primary N) is 1. The maximum absolute atomic E-state index is 12.8. The van der Waals surface area contributed by atoms with Gasteiger partial charge in [-0.25, -0.2) is 0 Å². The van der Waals surface area contributed by atoms with Crippen molar-refractivity contribution >= 4 is 11.6 Å². The minimum Gasteiger partial charge on any atom is -0.371 e. The first-order chi connectivity index (χ1) is 11.2. The highest BCUT2D eigenvalue weighted by Gasteiger charge is 2.33. The summed E-state index contributed by atoms with van der Waals surface area (Å²) in [6, 6.07) is 8.52. The topological polar surface area (TPSA) is 49.6 Å². The fourth-order valence-corrected chi connectivity index (χ4v) is 4.17. The van der Waals surface area contributed by atoms with E-state index >= 15 is 0 Å². The highest BCUT2D eigenvalue weighted by Crippen LogP contribution is 2.33. The molecule has 1 aliphatic heterocycles. The van der Waals surface area contributed by atoms with Gasteiger partial charge in [0.1, 0.15) is 0 Å². The van der Waals surface area contributed by atoms with Crippen LogP contribution < -0.4 is 10.6 Å². The average Bonchev–Trinajstić information content (AvgIpc) is 3.25. The maximum atomic E-state index is 12.8. The first-order valence-electron chi connectivity index (χ1n) is 8.98. The van der Waals surface area contributed by atoms with Crippen molar-refractivity contribution in [2.45, 2.75) is 38.6 Å². The molecule has 1 aromatic rings. The molecule has 0 spiro atoms. The Morgan fingerprint density at radius 3 is 2.70 bits per heavy atom. The van der Waals surface area contributed by atoms with E-state index in [1.54, 1.807) is 0 Å². The molecule has 0 bridgehead atoms. The number of hydrogen-bond acceptors (Lipinski definition) is 3. The molecule has 1 saturated carbocycles. The number of rotatable bonds is 5. The molecular weight excluding hydrogens is 286 g/mol. The molecule has 1 amide bonds. The Hall–Kier alpha value is -1.55. The summed E-state index contributed by atoms with van der Waals surface area (Å²) in [7, 11) is 1.94. The largest absolute Gasteiger partial charge is 0.371 e. The highest BCUT2D eigenvalue weighted by atomic mass is 16.2. The average molecular weight is 315 g/mol. The smallest absolute Gasteiger partial charge is 0.226 e. The molecule has 1 saturated heterocycles. The van der Waals surface area contributed by atoms with Gasteiger partial charge >= 0.3 is 0 Å². The minimum atomic E-state index is 0.129. The van der Waals surface area contributed by atoms with Gasteiger partial charge in [-0.15, -0.1) is 0 Å². The van der Waals surface area contributed by atoms with Crippen LogP contribution in [0, 0.1) is 11.8 Å². The number of benzene rings is 1. The van der Waals surface area contributed by atoms with Crippen molar-refractivity contribution in [2.75, 3.05) is 31.6 Å². The molecule has 126 valence electrons. The van der Waals surface area contributed by atoms with Gasteiger partial charge in [-0.2, -0.15) is 0 Å². The second-order valence-electron chi connectivity index (χ2n) is 7.05. The predicted octanol–water partition coefficient (Wildman–Crippen LogP) is 2.62. The SMILES string of the molecule is CN(Cc1ccccc1N1CCCC1)C(=O)[C@@H]1CCC[C@@H]1CN. The van der Waals surface area contributed by atoms with E-state index in [4.69, 9.17) is 5.73 Å². The molecule has 2 N–H and O–H groups in total. The fourth-order valence-electron chi connectivity index (χ4n) is 4.17. The summed E-state index contributed by atoms with van der Waals surface area (Å²) in [6.45, 7) is 3.59. The van der Waals surface area contributed by atoms with Crippen LogP contribution in [0.3, 0.4) is 0 Å². The molecule has 23 heavy (non-hydrogen) atoms. The van der Waals surface area contributed by atoms with Crippen LogP contribution in [0.15, 0.2) is 24.3 Å². The summed E-state index contributed by atoms with van der Waals surface area (Å²) in [4.78, 5) is 17.2. The summed E-state index contributed by atoms with van der Waals surface area (Å²) < 4.78 is 0. The third-order valence-electron chi connectivity index (χ3n) is 5.50. The zero-order valence-corrected chi connectivity index (χ0v) is 14.2. The van der Waals surface area contributed by atoms with Crippen LogP contribution in [-0.4, -0.2) is 37.5 Å². The van der Waals surface area contributed by atoms with E-state index < -0.39 is 0 Å². The Morgan fingerprint density at radius 1 is 1.22 bits per heavy atom. The number of carbonyl (C=O) groups excluding carboxylic acids is 1. The van der Waals surface area contributed by atoms with Crippen molar-refractivity contribution in [2.24, 2.45) is 17.6 Å². The Bertz CT molecular complexity index is 539. The number of para-hydroxylation sites is 1. The lowest BCUT2D eigenvalue weighted by Gasteiger charge is -2.27. The first kappa shape index (κ1) is 16.3. The van der Waals surface area contributed by atoms with Crippen LogP contribution in [-0.2, 0) is 11.3 Å². The highest BCUT2D eigenvalue weighted by molar-refractivity contribution is 5.79. The molecule has 2 aliphatic rings. The number of nitrogens with zero attached hydrogens (tertiary/aromatic N) is 2. The second-order valence-corrected chi connectivity index (χ2v) is 7.05. The summed E-state index contributed by atoms with van der Waals surface area (Å²) in [5, 5.41) is 0. The molecule has 2 fully saturated rings. The second kappa shape index (κ2) is 7.35. The lowest BCUT2D eigenvalue weighted by Crippen LogP contribution is -2.36. The summed E-state index contributed by atoms with van der Waals surface area (Å²) in [5.74, 6) is 0.775. The van der Waals surface area contributed by atoms with E-state index in [1.807, 2.05) is 11.9 Å². The molecule has 1 aliphatic carbocycles. The molecule has 0 aromatic heterocycles. The first-order valence-corrected chi connectivity index (χ1v) is 8.98. The molecule has 4 nitrogen and oxygen atoms in total. The Labute approximate surface area is 139 Å². The van der Waals surface area contributed by atoms with Crippen LogP contribution >= 0.6 is 0 Å². The van der Waals surface area contributed by atoms with E-state index in [0.717, 1.165) is 32.4 Å². The normalized spacial score (nSPS) is 24.2. The van der Waals surface area contributed by atoms with Crippen molar-refractivity contribution in [3.63, 3.8) is 0 Å². The van der Waals surface area contributed by atoms with Crippen LogP contribution in [0.5, 0.6) is 0 Å². The van der Waals surface area contributed by atoms with Crippen LogP contribution in [0.1, 0.15) is 37.7 Å².